The van der Waals surface area contributed by atoms with E-state index in [2.05, 4.69) is 15.9 Å². The van der Waals surface area contributed by atoms with Gasteiger partial charge in [-0.05, 0) is 36.9 Å². The number of primary amides is 1. The molecule has 1 amide bonds. The Morgan fingerprint density at radius 3 is 2.41 bits per heavy atom. The molecule has 1 unspecified atom stereocenters. The molecule has 1 atom stereocenters. The van der Waals surface area contributed by atoms with Gasteiger partial charge in [0.2, 0.25) is 5.91 Å². The zero-order valence-electron chi connectivity index (χ0n) is 12.4. The second-order valence-electron chi connectivity index (χ2n) is 5.00. The van der Waals surface area contributed by atoms with Crippen LogP contribution in [0.2, 0.25) is 0 Å². The molecule has 0 heterocycles. The van der Waals surface area contributed by atoms with Crippen LogP contribution in [0.3, 0.4) is 0 Å². The Labute approximate surface area is 139 Å². The first-order valence-electron chi connectivity index (χ1n) is 7.01. The summed E-state index contributed by atoms with van der Waals surface area (Å²) in [4.78, 5) is 13.6. The quantitative estimate of drug-likeness (QED) is 0.823. The third-order valence-electron chi connectivity index (χ3n) is 3.35. The van der Waals surface area contributed by atoms with E-state index >= 15 is 0 Å². The summed E-state index contributed by atoms with van der Waals surface area (Å²) in [7, 11) is 1.87. The van der Waals surface area contributed by atoms with Crippen molar-refractivity contribution in [3.05, 3.63) is 64.6 Å². The molecule has 0 spiro atoms. The van der Waals surface area contributed by atoms with E-state index in [1.165, 1.54) is 0 Å². The molecule has 0 radical (unpaired) electrons. The van der Waals surface area contributed by atoms with Crippen molar-refractivity contribution in [1.82, 2.24) is 4.90 Å². The molecule has 2 aromatic carbocycles. The number of hydrogen-bond donors (Lipinski definition) is 1. The van der Waals surface area contributed by atoms with Gasteiger partial charge in [-0.3, -0.25) is 9.69 Å². The number of carbonyl (C=O) groups is 1. The molecule has 2 aromatic rings. The van der Waals surface area contributed by atoms with Crippen LogP contribution in [0.4, 0.5) is 0 Å². The molecule has 116 valence electrons. The smallest absolute Gasteiger partial charge is 0.239 e. The van der Waals surface area contributed by atoms with E-state index in [1.54, 1.807) is 0 Å². The summed E-state index contributed by atoms with van der Waals surface area (Å²) >= 11 is 3.38. The van der Waals surface area contributed by atoms with Gasteiger partial charge in [0, 0.05) is 11.0 Å². The van der Waals surface area contributed by atoms with E-state index in [-0.39, 0.29) is 5.91 Å². The first-order chi connectivity index (χ1) is 10.6. The maximum absolute atomic E-state index is 11.7. The molecule has 4 nitrogen and oxygen atoms in total. The van der Waals surface area contributed by atoms with Gasteiger partial charge in [0.1, 0.15) is 18.4 Å². The summed E-state index contributed by atoms with van der Waals surface area (Å²) in [6.45, 7) is 1.08. The van der Waals surface area contributed by atoms with Crippen LogP contribution in [-0.4, -0.2) is 31.0 Å². The lowest BCUT2D eigenvalue weighted by Gasteiger charge is -2.25. The Morgan fingerprint density at radius 1 is 1.18 bits per heavy atom. The summed E-state index contributed by atoms with van der Waals surface area (Å²) in [6.07, 6.45) is 0. The highest BCUT2D eigenvalue weighted by molar-refractivity contribution is 9.10. The third-order valence-corrected chi connectivity index (χ3v) is 3.88. The van der Waals surface area contributed by atoms with E-state index in [0.717, 1.165) is 15.8 Å². The second-order valence-corrected chi connectivity index (χ2v) is 5.91. The van der Waals surface area contributed by atoms with Gasteiger partial charge in [-0.2, -0.15) is 0 Å². The van der Waals surface area contributed by atoms with Crippen molar-refractivity contribution in [2.75, 3.05) is 20.2 Å². The van der Waals surface area contributed by atoms with Crippen molar-refractivity contribution in [2.45, 2.75) is 6.04 Å². The number of likely N-dealkylation sites (N-methyl/N-ethyl adjacent to an activating group) is 1. The average molecular weight is 363 g/mol. The van der Waals surface area contributed by atoms with Crippen molar-refractivity contribution in [1.29, 1.82) is 0 Å². The molecule has 0 aliphatic heterocycles. The number of benzene rings is 2. The highest BCUT2D eigenvalue weighted by Crippen LogP contribution is 2.19. The minimum Gasteiger partial charge on any atom is -0.492 e. The van der Waals surface area contributed by atoms with Crippen LogP contribution in [0.25, 0.3) is 0 Å². The third kappa shape index (κ3) is 4.58. The topological polar surface area (TPSA) is 55.6 Å². The molecule has 0 aliphatic carbocycles. The van der Waals surface area contributed by atoms with E-state index in [1.807, 2.05) is 66.5 Å². The van der Waals surface area contributed by atoms with Gasteiger partial charge in [-0.25, -0.2) is 0 Å². The number of ether oxygens (including phenoxy) is 1. The number of halogens is 1. The summed E-state index contributed by atoms with van der Waals surface area (Å²) in [5.74, 6) is 0.435. The van der Waals surface area contributed by atoms with Crippen molar-refractivity contribution < 1.29 is 9.53 Å². The molecule has 0 saturated heterocycles. The molecular weight excluding hydrogens is 344 g/mol. The van der Waals surface area contributed by atoms with Crippen LogP contribution < -0.4 is 10.5 Å². The maximum Gasteiger partial charge on any atom is 0.239 e. The van der Waals surface area contributed by atoms with Gasteiger partial charge >= 0.3 is 0 Å². The summed E-state index contributed by atoms with van der Waals surface area (Å²) in [6, 6.07) is 16.7. The number of nitrogens with zero attached hydrogens (tertiary/aromatic N) is 1. The first kappa shape index (κ1) is 16.5. The number of hydrogen-bond acceptors (Lipinski definition) is 3. The number of amides is 1. The zero-order valence-corrected chi connectivity index (χ0v) is 14.0. The van der Waals surface area contributed by atoms with Gasteiger partial charge in [0.25, 0.3) is 0 Å². The van der Waals surface area contributed by atoms with Crippen molar-refractivity contribution in [3.8, 4) is 5.75 Å². The molecule has 2 rings (SSSR count). The number of carbonyl (C=O) groups excluding carboxylic acids is 1. The number of nitrogens with two attached hydrogens (primary N) is 1. The van der Waals surface area contributed by atoms with Crippen LogP contribution >= 0.6 is 15.9 Å². The van der Waals surface area contributed by atoms with Gasteiger partial charge in [-0.1, -0.05) is 46.3 Å². The Balaban J connectivity index is 1.93. The zero-order chi connectivity index (χ0) is 15.9. The molecule has 0 aromatic heterocycles. The monoisotopic (exact) mass is 362 g/mol. The van der Waals surface area contributed by atoms with E-state index in [9.17, 15) is 4.79 Å². The summed E-state index contributed by atoms with van der Waals surface area (Å²) < 4.78 is 6.69. The van der Waals surface area contributed by atoms with Crippen LogP contribution in [0.1, 0.15) is 11.6 Å². The molecule has 2 N–H and O–H groups in total. The lowest BCUT2D eigenvalue weighted by Crippen LogP contribution is -2.37. The van der Waals surface area contributed by atoms with Gasteiger partial charge < -0.3 is 10.5 Å². The minimum absolute atomic E-state index is 0.364. The predicted octanol–water partition coefficient (Wildman–Crippen LogP) is 2.99. The molecular formula is C17H19BrN2O2. The minimum atomic E-state index is -0.449. The van der Waals surface area contributed by atoms with Crippen LogP contribution in [0.5, 0.6) is 5.75 Å². The second kappa shape index (κ2) is 7.96. The molecule has 0 fully saturated rings. The predicted molar refractivity (Wildman–Crippen MR) is 90.6 cm³/mol. The van der Waals surface area contributed by atoms with Crippen molar-refractivity contribution in [2.24, 2.45) is 5.73 Å². The first-order valence-corrected chi connectivity index (χ1v) is 7.80. The highest BCUT2D eigenvalue weighted by Gasteiger charge is 2.22. The Bertz CT molecular complexity index is 602. The lowest BCUT2D eigenvalue weighted by molar-refractivity contribution is -0.123. The fraction of sp³-hybridized carbons (Fsp3) is 0.235. The fourth-order valence-electron chi connectivity index (χ4n) is 2.24. The van der Waals surface area contributed by atoms with Crippen LogP contribution in [0, 0.1) is 0 Å². The molecule has 22 heavy (non-hydrogen) atoms. The fourth-order valence-corrected chi connectivity index (χ4v) is 2.50. The summed E-state index contributed by atoms with van der Waals surface area (Å²) in [5.41, 5.74) is 6.43. The molecule has 5 heteroatoms. The van der Waals surface area contributed by atoms with E-state index in [4.69, 9.17) is 10.5 Å². The molecule has 0 aliphatic rings. The SMILES string of the molecule is CN(CCOc1ccc(Br)cc1)C(C(N)=O)c1ccccc1. The maximum atomic E-state index is 11.7. The largest absolute Gasteiger partial charge is 0.492 e. The van der Waals surface area contributed by atoms with Crippen molar-refractivity contribution >= 4 is 21.8 Å². The van der Waals surface area contributed by atoms with Gasteiger partial charge in [-0.15, -0.1) is 0 Å². The normalized spacial score (nSPS) is 12.1. The Kier molecular flexibility index (Phi) is 5.98. The van der Waals surface area contributed by atoms with E-state index in [0.29, 0.717) is 13.2 Å². The lowest BCUT2D eigenvalue weighted by atomic mass is 10.1. The molecule has 0 bridgehead atoms. The average Bonchev–Trinajstić information content (AvgIpc) is 2.50. The van der Waals surface area contributed by atoms with E-state index < -0.39 is 6.04 Å². The van der Waals surface area contributed by atoms with Crippen LogP contribution in [0.15, 0.2) is 59.1 Å². The Morgan fingerprint density at radius 2 is 1.82 bits per heavy atom. The number of rotatable bonds is 7. The van der Waals surface area contributed by atoms with Gasteiger partial charge in [0.05, 0.1) is 0 Å². The summed E-state index contributed by atoms with van der Waals surface area (Å²) in [5, 5.41) is 0. The highest BCUT2D eigenvalue weighted by atomic mass is 79.9. The van der Waals surface area contributed by atoms with Crippen LogP contribution in [-0.2, 0) is 4.79 Å². The van der Waals surface area contributed by atoms with Gasteiger partial charge in [0.15, 0.2) is 0 Å². The Hall–Kier alpha value is -1.85. The standard InChI is InChI=1S/C17H19BrN2O2/c1-20(11-12-22-15-9-7-14(18)8-10-15)16(17(19)21)13-5-3-2-4-6-13/h2-10,16H,11-12H2,1H3,(H2,19,21). The molecule has 0 saturated carbocycles. The van der Waals surface area contributed by atoms with Crippen molar-refractivity contribution in [3.63, 3.8) is 0 Å².